The Kier molecular flexibility index (Phi) is 6.44. The average molecular weight is 401 g/mol. The van der Waals surface area contributed by atoms with Crippen molar-refractivity contribution in [1.29, 1.82) is 0 Å². The highest BCUT2D eigenvalue weighted by Crippen LogP contribution is 2.26. The number of aliphatic hydroxyl groups is 1. The predicted molar refractivity (Wildman–Crippen MR) is 111 cm³/mol. The summed E-state index contributed by atoms with van der Waals surface area (Å²) in [5, 5.41) is 16.0. The van der Waals surface area contributed by atoms with E-state index in [0.717, 1.165) is 5.56 Å². The molecule has 0 unspecified atom stereocenters. The SMILES string of the molecule is CC(C)[C@H](CO)Nc1nc(Nc2ccc(F)c(Cl)c2)cc(-c2ccccc2)n1. The average Bonchev–Trinajstić information content (AvgIpc) is 2.69. The summed E-state index contributed by atoms with van der Waals surface area (Å²) < 4.78 is 13.4. The van der Waals surface area contributed by atoms with Gasteiger partial charge in [-0.25, -0.2) is 9.37 Å². The van der Waals surface area contributed by atoms with Gasteiger partial charge in [0.2, 0.25) is 5.95 Å². The van der Waals surface area contributed by atoms with E-state index in [9.17, 15) is 9.50 Å². The number of nitrogens with zero attached hydrogens (tertiary/aromatic N) is 2. The summed E-state index contributed by atoms with van der Waals surface area (Å²) in [5.41, 5.74) is 2.25. The standard InChI is InChI=1S/C21H22ClFN4O/c1-13(2)19(12-28)26-21-25-18(14-6-4-3-5-7-14)11-20(27-21)24-15-8-9-17(23)16(22)10-15/h3-11,13,19,28H,12H2,1-2H3,(H2,24,25,26,27)/t19-/m0/s1. The van der Waals surface area contributed by atoms with E-state index in [2.05, 4.69) is 20.6 Å². The van der Waals surface area contributed by atoms with Crippen LogP contribution in [0.25, 0.3) is 11.3 Å². The van der Waals surface area contributed by atoms with Gasteiger partial charge in [-0.3, -0.25) is 0 Å². The van der Waals surface area contributed by atoms with Crippen LogP contribution < -0.4 is 10.6 Å². The molecular formula is C21H22ClFN4O. The van der Waals surface area contributed by atoms with Crippen molar-refractivity contribution >= 4 is 29.1 Å². The van der Waals surface area contributed by atoms with E-state index < -0.39 is 5.82 Å². The normalized spacial score (nSPS) is 12.1. The molecule has 2 aromatic carbocycles. The van der Waals surface area contributed by atoms with Crippen LogP contribution in [0.4, 0.5) is 21.8 Å². The van der Waals surface area contributed by atoms with Crippen molar-refractivity contribution in [3.63, 3.8) is 0 Å². The van der Waals surface area contributed by atoms with Gasteiger partial charge in [-0.05, 0) is 24.1 Å². The van der Waals surface area contributed by atoms with Gasteiger partial charge in [0.1, 0.15) is 11.6 Å². The number of hydrogen-bond donors (Lipinski definition) is 3. The second kappa shape index (κ2) is 8.99. The number of halogens is 2. The summed E-state index contributed by atoms with van der Waals surface area (Å²) >= 11 is 5.87. The Bertz CT molecular complexity index is 937. The highest BCUT2D eigenvalue weighted by molar-refractivity contribution is 6.31. The van der Waals surface area contributed by atoms with Gasteiger partial charge in [0, 0.05) is 17.3 Å². The molecule has 1 atom stereocenters. The number of aromatic nitrogens is 2. The largest absolute Gasteiger partial charge is 0.394 e. The van der Waals surface area contributed by atoms with Crippen molar-refractivity contribution in [3.05, 3.63) is 65.4 Å². The van der Waals surface area contributed by atoms with E-state index in [0.29, 0.717) is 23.1 Å². The molecule has 3 rings (SSSR count). The van der Waals surface area contributed by atoms with Crippen LogP contribution in [-0.2, 0) is 0 Å². The van der Waals surface area contributed by atoms with Gasteiger partial charge in [0.15, 0.2) is 0 Å². The molecule has 7 heteroatoms. The van der Waals surface area contributed by atoms with Gasteiger partial charge in [0.05, 0.1) is 23.4 Å². The first-order chi connectivity index (χ1) is 13.5. The van der Waals surface area contributed by atoms with E-state index in [4.69, 9.17) is 11.6 Å². The predicted octanol–water partition coefficient (Wildman–Crippen LogP) is 5.11. The van der Waals surface area contributed by atoms with Crippen LogP contribution in [0.15, 0.2) is 54.6 Å². The van der Waals surface area contributed by atoms with Gasteiger partial charge < -0.3 is 15.7 Å². The molecule has 5 nitrogen and oxygen atoms in total. The summed E-state index contributed by atoms with van der Waals surface area (Å²) in [6, 6.07) is 15.7. The zero-order chi connectivity index (χ0) is 20.1. The maximum Gasteiger partial charge on any atom is 0.225 e. The number of anilines is 3. The maximum atomic E-state index is 13.4. The molecular weight excluding hydrogens is 379 g/mol. The fourth-order valence-electron chi connectivity index (χ4n) is 2.64. The quantitative estimate of drug-likeness (QED) is 0.514. The number of hydrogen-bond acceptors (Lipinski definition) is 5. The lowest BCUT2D eigenvalue weighted by Gasteiger charge is -2.20. The topological polar surface area (TPSA) is 70.1 Å². The van der Waals surface area contributed by atoms with Crippen molar-refractivity contribution in [2.24, 2.45) is 5.92 Å². The molecule has 0 radical (unpaired) electrons. The minimum absolute atomic E-state index is 0.0286. The number of rotatable bonds is 7. The lowest BCUT2D eigenvalue weighted by molar-refractivity contribution is 0.248. The van der Waals surface area contributed by atoms with Crippen LogP contribution >= 0.6 is 11.6 Å². The Morgan fingerprint density at radius 3 is 2.46 bits per heavy atom. The Hall–Kier alpha value is -2.70. The van der Waals surface area contributed by atoms with Crippen LogP contribution in [0.1, 0.15) is 13.8 Å². The zero-order valence-corrected chi connectivity index (χ0v) is 16.4. The molecule has 0 saturated heterocycles. The smallest absolute Gasteiger partial charge is 0.225 e. The lowest BCUT2D eigenvalue weighted by atomic mass is 10.1. The fourth-order valence-corrected chi connectivity index (χ4v) is 2.82. The molecule has 3 N–H and O–H groups in total. The Labute approximate surface area is 168 Å². The summed E-state index contributed by atoms with van der Waals surface area (Å²) in [7, 11) is 0. The van der Waals surface area contributed by atoms with Gasteiger partial charge in [-0.15, -0.1) is 0 Å². The molecule has 0 saturated carbocycles. The Balaban J connectivity index is 1.97. The van der Waals surface area contributed by atoms with E-state index in [1.165, 1.54) is 12.1 Å². The van der Waals surface area contributed by atoms with Crippen LogP contribution in [0, 0.1) is 11.7 Å². The minimum atomic E-state index is -0.482. The maximum absolute atomic E-state index is 13.4. The minimum Gasteiger partial charge on any atom is -0.394 e. The van der Waals surface area contributed by atoms with Gasteiger partial charge in [0.25, 0.3) is 0 Å². The molecule has 0 fully saturated rings. The van der Waals surface area contributed by atoms with Crippen LogP contribution in [0.5, 0.6) is 0 Å². The van der Waals surface area contributed by atoms with Crippen molar-refractivity contribution in [2.45, 2.75) is 19.9 Å². The van der Waals surface area contributed by atoms with Crippen molar-refractivity contribution in [2.75, 3.05) is 17.2 Å². The van der Waals surface area contributed by atoms with Crippen molar-refractivity contribution in [3.8, 4) is 11.3 Å². The first kappa shape index (κ1) is 20.0. The molecule has 0 aliphatic heterocycles. The molecule has 0 bridgehead atoms. The van der Waals surface area contributed by atoms with E-state index in [-0.39, 0.29) is 23.6 Å². The Morgan fingerprint density at radius 2 is 1.82 bits per heavy atom. The molecule has 1 heterocycles. The summed E-state index contributed by atoms with van der Waals surface area (Å²) in [5.74, 6) is 0.635. The number of benzene rings is 2. The molecule has 3 aromatic rings. The first-order valence-electron chi connectivity index (χ1n) is 9.00. The van der Waals surface area contributed by atoms with E-state index >= 15 is 0 Å². The molecule has 0 amide bonds. The second-order valence-electron chi connectivity index (χ2n) is 6.76. The van der Waals surface area contributed by atoms with Gasteiger partial charge in [-0.2, -0.15) is 4.98 Å². The van der Waals surface area contributed by atoms with Crippen LogP contribution in [-0.4, -0.2) is 27.7 Å². The summed E-state index contributed by atoms with van der Waals surface area (Å²) in [6.45, 7) is 3.98. The third-order valence-electron chi connectivity index (χ3n) is 4.30. The second-order valence-corrected chi connectivity index (χ2v) is 7.17. The summed E-state index contributed by atoms with van der Waals surface area (Å²) in [4.78, 5) is 9.08. The zero-order valence-electron chi connectivity index (χ0n) is 15.7. The highest BCUT2D eigenvalue weighted by atomic mass is 35.5. The lowest BCUT2D eigenvalue weighted by Crippen LogP contribution is -2.30. The van der Waals surface area contributed by atoms with Gasteiger partial charge in [-0.1, -0.05) is 55.8 Å². The summed E-state index contributed by atoms with van der Waals surface area (Å²) in [6.07, 6.45) is 0. The molecule has 28 heavy (non-hydrogen) atoms. The van der Waals surface area contributed by atoms with E-state index in [1.807, 2.05) is 44.2 Å². The number of nitrogens with one attached hydrogen (secondary N) is 2. The van der Waals surface area contributed by atoms with Crippen molar-refractivity contribution < 1.29 is 9.50 Å². The third-order valence-corrected chi connectivity index (χ3v) is 4.59. The molecule has 0 aliphatic carbocycles. The van der Waals surface area contributed by atoms with Crippen molar-refractivity contribution in [1.82, 2.24) is 9.97 Å². The van der Waals surface area contributed by atoms with Crippen LogP contribution in [0.3, 0.4) is 0 Å². The van der Waals surface area contributed by atoms with E-state index in [1.54, 1.807) is 12.1 Å². The third kappa shape index (κ3) is 4.97. The highest BCUT2D eigenvalue weighted by Gasteiger charge is 2.15. The first-order valence-corrected chi connectivity index (χ1v) is 9.38. The fraction of sp³-hybridized carbons (Fsp3) is 0.238. The monoisotopic (exact) mass is 400 g/mol. The van der Waals surface area contributed by atoms with Crippen LogP contribution in [0.2, 0.25) is 5.02 Å². The number of aliphatic hydroxyl groups excluding tert-OH is 1. The molecule has 0 spiro atoms. The molecule has 0 aliphatic rings. The molecule has 146 valence electrons. The molecule has 1 aromatic heterocycles. The van der Waals surface area contributed by atoms with Gasteiger partial charge >= 0.3 is 0 Å². The Morgan fingerprint density at radius 1 is 1.07 bits per heavy atom.